The van der Waals surface area contributed by atoms with E-state index in [9.17, 15) is 14.4 Å². The first-order valence-electron chi connectivity index (χ1n) is 33.0. The van der Waals surface area contributed by atoms with Crippen LogP contribution >= 0.6 is 0 Å². The van der Waals surface area contributed by atoms with E-state index in [-0.39, 0.29) is 31.1 Å². The molecule has 0 bridgehead atoms. The Morgan fingerprint density at radius 1 is 0.222 bits per heavy atom. The fourth-order valence-corrected chi connectivity index (χ4v) is 10.4. The van der Waals surface area contributed by atoms with Crippen LogP contribution in [0.1, 0.15) is 387 Å². The predicted octanol–water partition coefficient (Wildman–Crippen LogP) is 22.3. The maximum absolute atomic E-state index is 12.9. The summed E-state index contributed by atoms with van der Waals surface area (Å²) in [7, 11) is 0. The van der Waals surface area contributed by atoms with E-state index in [4.69, 9.17) is 14.2 Å². The molecule has 1 atom stereocenters. The van der Waals surface area contributed by atoms with Crippen molar-refractivity contribution in [3.8, 4) is 0 Å². The van der Waals surface area contributed by atoms with Crippen LogP contribution in [0.3, 0.4) is 0 Å². The minimum atomic E-state index is -0.761. The van der Waals surface area contributed by atoms with Crippen molar-refractivity contribution in [2.24, 2.45) is 0 Å². The van der Waals surface area contributed by atoms with Crippen LogP contribution in [0.15, 0.2) is 0 Å². The van der Waals surface area contributed by atoms with Crippen molar-refractivity contribution < 1.29 is 28.6 Å². The Labute approximate surface area is 450 Å². The van der Waals surface area contributed by atoms with E-state index in [2.05, 4.69) is 20.8 Å². The number of hydrogen-bond acceptors (Lipinski definition) is 6. The van der Waals surface area contributed by atoms with Crippen LogP contribution in [0, 0.1) is 0 Å². The van der Waals surface area contributed by atoms with Gasteiger partial charge in [-0.3, -0.25) is 14.4 Å². The van der Waals surface area contributed by atoms with E-state index in [1.165, 1.54) is 289 Å². The Morgan fingerprint density at radius 3 is 0.556 bits per heavy atom. The van der Waals surface area contributed by atoms with E-state index in [0.717, 1.165) is 57.8 Å². The summed E-state index contributed by atoms with van der Waals surface area (Å²) in [6, 6.07) is 0. The van der Waals surface area contributed by atoms with Gasteiger partial charge in [-0.05, 0) is 19.3 Å². The zero-order valence-electron chi connectivity index (χ0n) is 49.2. The van der Waals surface area contributed by atoms with Crippen molar-refractivity contribution in [3.63, 3.8) is 0 Å². The number of carbonyl (C=O) groups excluding carboxylic acids is 3. The highest BCUT2D eigenvalue weighted by Crippen LogP contribution is 2.19. The van der Waals surface area contributed by atoms with E-state index in [1.54, 1.807) is 0 Å². The molecule has 0 saturated heterocycles. The summed E-state index contributed by atoms with van der Waals surface area (Å²) in [4.78, 5) is 38.1. The Hall–Kier alpha value is -1.59. The van der Waals surface area contributed by atoms with Gasteiger partial charge in [0.1, 0.15) is 13.2 Å². The van der Waals surface area contributed by atoms with E-state index >= 15 is 0 Å². The summed E-state index contributed by atoms with van der Waals surface area (Å²) in [6.45, 7) is 6.70. The molecule has 1 unspecified atom stereocenters. The zero-order chi connectivity index (χ0) is 52.2. The predicted molar refractivity (Wildman–Crippen MR) is 312 cm³/mol. The van der Waals surface area contributed by atoms with Gasteiger partial charge in [0, 0.05) is 19.3 Å². The summed E-state index contributed by atoms with van der Waals surface area (Å²) >= 11 is 0. The van der Waals surface area contributed by atoms with Gasteiger partial charge in [-0.25, -0.2) is 0 Å². The average Bonchev–Trinajstić information content (AvgIpc) is 3.38. The van der Waals surface area contributed by atoms with Crippen LogP contribution in [-0.4, -0.2) is 37.2 Å². The van der Waals surface area contributed by atoms with E-state index < -0.39 is 6.10 Å². The van der Waals surface area contributed by atoms with Gasteiger partial charge < -0.3 is 14.2 Å². The quantitative estimate of drug-likeness (QED) is 0.0343. The second-order valence-electron chi connectivity index (χ2n) is 22.8. The van der Waals surface area contributed by atoms with Crippen LogP contribution in [-0.2, 0) is 28.6 Å². The SMILES string of the molecule is CCCCCCCCCCCCCCCCCCCCCCCCCC(=O)OCC(COC(=O)CCCCCCCCCC)OC(=O)CCCCCCCCCCCCCCCCCCCCCCCCC. The third-order valence-electron chi connectivity index (χ3n) is 15.4. The highest BCUT2D eigenvalue weighted by Gasteiger charge is 2.19. The molecule has 6 heteroatoms. The number of carbonyl (C=O) groups is 3. The molecule has 0 aliphatic rings. The minimum Gasteiger partial charge on any atom is -0.462 e. The second kappa shape index (κ2) is 62.0. The average molecular weight is 1020 g/mol. The van der Waals surface area contributed by atoms with Gasteiger partial charge in [0.05, 0.1) is 0 Å². The van der Waals surface area contributed by atoms with E-state index in [1.807, 2.05) is 0 Å². The maximum atomic E-state index is 12.9. The fourth-order valence-electron chi connectivity index (χ4n) is 10.4. The van der Waals surface area contributed by atoms with Crippen LogP contribution in [0.25, 0.3) is 0 Å². The first-order chi connectivity index (χ1) is 35.5. The van der Waals surface area contributed by atoms with Gasteiger partial charge >= 0.3 is 17.9 Å². The summed E-state index contributed by atoms with van der Waals surface area (Å²) in [5.74, 6) is -0.832. The molecular weight excluding hydrogens is 889 g/mol. The molecule has 0 aliphatic carbocycles. The molecule has 0 radical (unpaired) electrons. The molecule has 0 rings (SSSR count). The van der Waals surface area contributed by atoms with Crippen LogP contribution in [0.5, 0.6) is 0 Å². The number of unbranched alkanes of at least 4 members (excludes halogenated alkanes) is 51. The fraction of sp³-hybridized carbons (Fsp3) is 0.955. The molecule has 6 nitrogen and oxygen atoms in total. The number of rotatable bonds is 62. The van der Waals surface area contributed by atoms with Crippen molar-refractivity contribution in [1.82, 2.24) is 0 Å². The standard InChI is InChI=1S/C66H128O6/c1-4-7-10-13-16-19-21-23-25-27-29-31-33-35-37-39-41-43-45-47-50-53-56-59-65(68)71-62-63(61-70-64(67)58-55-52-49-18-15-12-9-6-3)72-66(69)60-57-54-51-48-46-44-42-40-38-36-34-32-30-28-26-24-22-20-17-14-11-8-5-2/h63H,4-62H2,1-3H3. The Bertz CT molecular complexity index is 1080. The molecule has 0 fully saturated rings. The molecule has 0 aromatic rings. The van der Waals surface area contributed by atoms with Crippen molar-refractivity contribution in [2.75, 3.05) is 13.2 Å². The lowest BCUT2D eigenvalue weighted by Crippen LogP contribution is -2.30. The number of hydrogen-bond donors (Lipinski definition) is 0. The van der Waals surface area contributed by atoms with Gasteiger partial charge in [0.2, 0.25) is 0 Å². The number of ether oxygens (including phenoxy) is 3. The van der Waals surface area contributed by atoms with Gasteiger partial charge in [-0.1, -0.05) is 348 Å². The monoisotopic (exact) mass is 1020 g/mol. The molecule has 0 heterocycles. The van der Waals surface area contributed by atoms with Crippen LogP contribution < -0.4 is 0 Å². The van der Waals surface area contributed by atoms with Crippen molar-refractivity contribution in [1.29, 1.82) is 0 Å². The zero-order valence-corrected chi connectivity index (χ0v) is 49.2. The van der Waals surface area contributed by atoms with Gasteiger partial charge in [0.15, 0.2) is 6.10 Å². The first-order valence-corrected chi connectivity index (χ1v) is 33.0. The van der Waals surface area contributed by atoms with Crippen molar-refractivity contribution >= 4 is 17.9 Å². The largest absolute Gasteiger partial charge is 0.462 e. The van der Waals surface area contributed by atoms with Crippen LogP contribution in [0.2, 0.25) is 0 Å². The highest BCUT2D eigenvalue weighted by molar-refractivity contribution is 5.71. The lowest BCUT2D eigenvalue weighted by Gasteiger charge is -2.18. The molecule has 0 spiro atoms. The molecule has 72 heavy (non-hydrogen) atoms. The Balaban J connectivity index is 4.08. The molecule has 0 aromatic carbocycles. The number of esters is 3. The molecule has 0 amide bonds. The smallest absolute Gasteiger partial charge is 0.306 e. The maximum Gasteiger partial charge on any atom is 0.306 e. The lowest BCUT2D eigenvalue weighted by atomic mass is 10.0. The van der Waals surface area contributed by atoms with Crippen molar-refractivity contribution in [3.05, 3.63) is 0 Å². The van der Waals surface area contributed by atoms with Gasteiger partial charge in [0.25, 0.3) is 0 Å². The van der Waals surface area contributed by atoms with Gasteiger partial charge in [-0.2, -0.15) is 0 Å². The molecular formula is C66H128O6. The normalized spacial score (nSPS) is 11.9. The second-order valence-corrected chi connectivity index (χ2v) is 22.8. The Morgan fingerprint density at radius 2 is 0.375 bits per heavy atom. The lowest BCUT2D eigenvalue weighted by molar-refractivity contribution is -0.167. The molecule has 0 aliphatic heterocycles. The molecule has 0 saturated carbocycles. The van der Waals surface area contributed by atoms with Crippen LogP contribution in [0.4, 0.5) is 0 Å². The molecule has 0 N–H and O–H groups in total. The summed E-state index contributed by atoms with van der Waals surface area (Å²) in [5, 5.41) is 0. The minimum absolute atomic E-state index is 0.0611. The van der Waals surface area contributed by atoms with Crippen molar-refractivity contribution in [2.45, 2.75) is 393 Å². The highest BCUT2D eigenvalue weighted by atomic mass is 16.6. The summed E-state index contributed by atoms with van der Waals surface area (Å²) in [6.07, 6.45) is 71.4. The summed E-state index contributed by atoms with van der Waals surface area (Å²) in [5.41, 5.74) is 0. The third-order valence-corrected chi connectivity index (χ3v) is 15.4. The first kappa shape index (κ1) is 70.4. The van der Waals surface area contributed by atoms with Gasteiger partial charge in [-0.15, -0.1) is 0 Å². The molecule has 428 valence electrons. The summed E-state index contributed by atoms with van der Waals surface area (Å²) < 4.78 is 16.9. The molecule has 0 aromatic heterocycles. The third kappa shape index (κ3) is 59.3. The van der Waals surface area contributed by atoms with E-state index in [0.29, 0.717) is 19.3 Å². The topological polar surface area (TPSA) is 78.9 Å². The Kier molecular flexibility index (Phi) is 60.6.